The second kappa shape index (κ2) is 19.8. The molecule has 0 saturated carbocycles. The number of carbonyl (C=O) groups is 2. The molecule has 0 fully saturated rings. The summed E-state index contributed by atoms with van der Waals surface area (Å²) in [5.41, 5.74) is 7.28. The van der Waals surface area contributed by atoms with Crippen LogP contribution in [0.25, 0.3) is 22.4 Å². The van der Waals surface area contributed by atoms with Gasteiger partial charge in [-0.3, -0.25) is 4.79 Å². The average Bonchev–Trinajstić information content (AvgIpc) is 3.30. The number of aromatic nitrogens is 1. The molecule has 0 spiro atoms. The lowest BCUT2D eigenvalue weighted by Crippen LogP contribution is -2.22. The van der Waals surface area contributed by atoms with Gasteiger partial charge in [-0.15, -0.1) is 0 Å². The van der Waals surface area contributed by atoms with E-state index in [0.29, 0.717) is 13.0 Å². The van der Waals surface area contributed by atoms with Crippen LogP contribution in [0.5, 0.6) is 0 Å². The van der Waals surface area contributed by atoms with Crippen molar-refractivity contribution in [1.29, 1.82) is 0 Å². The molecule has 1 heterocycles. The van der Waals surface area contributed by atoms with Crippen LogP contribution in [0.3, 0.4) is 0 Å². The molecule has 7 nitrogen and oxygen atoms in total. The summed E-state index contributed by atoms with van der Waals surface area (Å²) >= 11 is 0. The van der Waals surface area contributed by atoms with Gasteiger partial charge in [-0.25, -0.2) is 4.39 Å². The molecule has 0 amide bonds. The molecule has 0 radical (unpaired) electrons. The number of likely N-dealkylation sites (N-methyl/N-ethyl adjacent to an activating group) is 1. The number of hydrogen-bond acceptors (Lipinski definition) is 5. The number of rotatable bonds is 13. The van der Waals surface area contributed by atoms with Crippen molar-refractivity contribution >= 4 is 12.8 Å². The van der Waals surface area contributed by atoms with Crippen LogP contribution in [0, 0.1) is 12.7 Å². The molecule has 0 bridgehead atoms. The van der Waals surface area contributed by atoms with Gasteiger partial charge in [0.25, 0.3) is 0 Å². The number of carboxylic acids is 1. The number of aliphatic hydroxyl groups is 2. The van der Waals surface area contributed by atoms with Crippen LogP contribution >= 0.6 is 0 Å². The van der Waals surface area contributed by atoms with Gasteiger partial charge in [0, 0.05) is 30.5 Å². The van der Waals surface area contributed by atoms with Crippen molar-refractivity contribution in [2.75, 3.05) is 7.05 Å². The van der Waals surface area contributed by atoms with Crippen molar-refractivity contribution in [2.24, 2.45) is 0 Å². The molecule has 8 heteroatoms. The summed E-state index contributed by atoms with van der Waals surface area (Å²) in [5.74, 6) is -1.19. The van der Waals surface area contributed by atoms with Crippen LogP contribution < -0.4 is 5.32 Å². The lowest BCUT2D eigenvalue weighted by atomic mass is 9.96. The minimum absolute atomic E-state index is 0.000979. The molecule has 3 aromatic rings. The van der Waals surface area contributed by atoms with Crippen LogP contribution in [0.15, 0.2) is 91.2 Å². The number of hydrogen-bond donors (Lipinski definition) is 4. The van der Waals surface area contributed by atoms with E-state index in [1.807, 2.05) is 57.2 Å². The lowest BCUT2D eigenvalue weighted by Gasteiger charge is -2.20. The van der Waals surface area contributed by atoms with Gasteiger partial charge in [0.05, 0.1) is 24.3 Å². The third kappa shape index (κ3) is 11.4. The van der Waals surface area contributed by atoms with E-state index in [-0.39, 0.29) is 18.2 Å². The summed E-state index contributed by atoms with van der Waals surface area (Å²) in [6.07, 6.45) is 5.71. The van der Waals surface area contributed by atoms with E-state index in [9.17, 15) is 19.4 Å². The Morgan fingerprint density at radius 2 is 1.64 bits per heavy atom. The van der Waals surface area contributed by atoms with Gasteiger partial charge in [0.15, 0.2) is 0 Å². The molecule has 4 N–H and O–H groups in total. The van der Waals surface area contributed by atoms with Crippen molar-refractivity contribution < 1.29 is 29.3 Å². The Kier molecular flexibility index (Phi) is 17.0. The summed E-state index contributed by atoms with van der Waals surface area (Å²) in [6.45, 7) is 14.4. The first-order valence-electron chi connectivity index (χ1n) is 14.6. The number of carbonyl (C=O) groups excluding carboxylic acids is 1. The first kappa shape index (κ1) is 37.8. The van der Waals surface area contributed by atoms with Gasteiger partial charge < -0.3 is 30.0 Å². The first-order valence-corrected chi connectivity index (χ1v) is 14.6. The van der Waals surface area contributed by atoms with E-state index in [0.717, 1.165) is 39.3 Å². The third-order valence-electron chi connectivity index (χ3n) is 6.90. The predicted molar refractivity (Wildman–Crippen MR) is 177 cm³/mol. The average molecular weight is 607 g/mol. The van der Waals surface area contributed by atoms with Gasteiger partial charge in [-0.1, -0.05) is 62.9 Å². The Bertz CT molecular complexity index is 1360. The number of benzene rings is 2. The second-order valence-electron chi connectivity index (χ2n) is 10.4. The zero-order valence-corrected chi connectivity index (χ0v) is 26.5. The smallest absolute Gasteiger partial charge is 0.305 e. The molecule has 0 saturated heterocycles. The zero-order chi connectivity index (χ0) is 33.2. The number of allylic oxidation sites excluding steroid dienone is 4. The molecule has 0 aliphatic carbocycles. The monoisotopic (exact) mass is 606 g/mol. The van der Waals surface area contributed by atoms with Gasteiger partial charge in [0.2, 0.25) is 0 Å². The standard InChI is InChI=1S/C27H32FNO4.C8H13N.CH2O/c1-17(2)26-18(3)25(19-7-5-4-6-8-19)27(20-9-11-21(28)12-10-20)29(26)14-13-22(30)15-23(31)16-24(32)33;1-4-6-7-8(5-2)9-3;1-2/h4-12,17,22-23,30-31H,13-16H2,1-3H3,(H,32,33);4-7,9H,2H2,1,3H3;1H2/b;6-4-,8-7+;. The first-order chi connectivity index (χ1) is 21.0. The predicted octanol–water partition coefficient (Wildman–Crippen LogP) is 7.04. The fourth-order valence-electron chi connectivity index (χ4n) is 5.05. The topological polar surface area (TPSA) is 112 Å². The highest BCUT2D eigenvalue weighted by Gasteiger charge is 2.25. The van der Waals surface area contributed by atoms with Gasteiger partial charge in [-0.05, 0) is 85.7 Å². The Hall–Kier alpha value is -4.27. The largest absolute Gasteiger partial charge is 0.481 e. The van der Waals surface area contributed by atoms with Crippen molar-refractivity contribution in [3.8, 4) is 22.4 Å². The maximum atomic E-state index is 13.7. The van der Waals surface area contributed by atoms with Crippen molar-refractivity contribution in [2.45, 2.75) is 71.6 Å². The SMILES string of the molecule is C=C/C(=C\C=C/C)NC.C=O.Cc1c(-c2ccccc2)c(-c2ccc(F)cc2)n(CCC(O)CC(O)CC(=O)O)c1C(C)C. The quantitative estimate of drug-likeness (QED) is 0.155. The third-order valence-corrected chi connectivity index (χ3v) is 6.90. The highest BCUT2D eigenvalue weighted by atomic mass is 19.1. The molecule has 2 aromatic carbocycles. The summed E-state index contributed by atoms with van der Waals surface area (Å²) in [5, 5.41) is 32.2. The second-order valence-corrected chi connectivity index (χ2v) is 10.4. The van der Waals surface area contributed by atoms with Crippen molar-refractivity contribution in [1.82, 2.24) is 9.88 Å². The molecule has 2 unspecified atom stereocenters. The van der Waals surface area contributed by atoms with E-state index in [2.05, 4.69) is 49.4 Å². The molecular formula is C36H47FN2O5. The number of nitrogens with zero attached hydrogens (tertiary/aromatic N) is 1. The van der Waals surface area contributed by atoms with Crippen LogP contribution in [-0.2, 0) is 16.1 Å². The molecule has 1 aromatic heterocycles. The van der Waals surface area contributed by atoms with Crippen LogP contribution in [0.4, 0.5) is 4.39 Å². The molecule has 0 aliphatic heterocycles. The summed E-state index contributed by atoms with van der Waals surface area (Å²) in [4.78, 5) is 18.8. The molecule has 2 atom stereocenters. The van der Waals surface area contributed by atoms with Gasteiger partial charge in [-0.2, -0.15) is 0 Å². The molecule has 238 valence electrons. The van der Waals surface area contributed by atoms with Crippen LogP contribution in [0.1, 0.15) is 57.2 Å². The molecule has 0 aliphatic rings. The number of halogens is 1. The van der Waals surface area contributed by atoms with E-state index >= 15 is 0 Å². The summed E-state index contributed by atoms with van der Waals surface area (Å²) in [6, 6.07) is 16.5. The van der Waals surface area contributed by atoms with E-state index in [1.165, 1.54) is 12.1 Å². The Labute approximate surface area is 261 Å². The number of carboxylic acid groups (broad SMARTS) is 1. The Balaban J connectivity index is 0.000000756. The Morgan fingerprint density at radius 3 is 2.14 bits per heavy atom. The number of aliphatic carboxylic acids is 1. The minimum atomic E-state index is -1.09. The number of nitrogens with one attached hydrogen (secondary N) is 1. The maximum absolute atomic E-state index is 13.7. The van der Waals surface area contributed by atoms with Gasteiger partial charge in [0.1, 0.15) is 12.6 Å². The number of aliphatic hydroxyl groups excluding tert-OH is 2. The van der Waals surface area contributed by atoms with E-state index in [4.69, 9.17) is 9.90 Å². The molecule has 3 rings (SSSR count). The van der Waals surface area contributed by atoms with E-state index in [1.54, 1.807) is 18.2 Å². The summed E-state index contributed by atoms with van der Waals surface area (Å²) in [7, 11) is 1.87. The molecule has 44 heavy (non-hydrogen) atoms. The van der Waals surface area contributed by atoms with Crippen LogP contribution in [0.2, 0.25) is 0 Å². The normalized spacial score (nSPS) is 12.5. The van der Waals surface area contributed by atoms with Crippen LogP contribution in [-0.4, -0.2) is 51.9 Å². The van der Waals surface area contributed by atoms with E-state index < -0.39 is 24.6 Å². The highest BCUT2D eigenvalue weighted by molar-refractivity contribution is 5.85. The summed E-state index contributed by atoms with van der Waals surface area (Å²) < 4.78 is 15.9. The lowest BCUT2D eigenvalue weighted by molar-refractivity contribution is -0.139. The Morgan fingerprint density at radius 1 is 1.02 bits per heavy atom. The van der Waals surface area contributed by atoms with Gasteiger partial charge >= 0.3 is 5.97 Å². The fourth-order valence-corrected chi connectivity index (χ4v) is 5.05. The van der Waals surface area contributed by atoms with Crippen molar-refractivity contribution in [3.05, 3.63) is 108 Å². The minimum Gasteiger partial charge on any atom is -0.481 e. The maximum Gasteiger partial charge on any atom is 0.305 e. The van der Waals surface area contributed by atoms with Crippen molar-refractivity contribution in [3.63, 3.8) is 0 Å². The fraction of sp³-hybridized carbons (Fsp3) is 0.333. The molecular weight excluding hydrogens is 559 g/mol. The zero-order valence-electron chi connectivity index (χ0n) is 26.5. The highest BCUT2D eigenvalue weighted by Crippen LogP contribution is 2.41.